The van der Waals surface area contributed by atoms with Crippen molar-refractivity contribution in [3.05, 3.63) is 59.7 Å². The van der Waals surface area contributed by atoms with Crippen molar-refractivity contribution in [1.82, 2.24) is 10.6 Å². The number of methoxy groups -OCH3 is 1. The molecule has 0 spiro atoms. The highest BCUT2D eigenvalue weighted by atomic mass is 16.5. The van der Waals surface area contributed by atoms with Crippen LogP contribution in [0.1, 0.15) is 50.2 Å². The number of ether oxygens (including phenoxy) is 2. The molecular weight excluding hydrogens is 436 g/mol. The second-order valence-corrected chi connectivity index (χ2v) is 8.77. The van der Waals surface area contributed by atoms with Crippen LogP contribution in [-0.2, 0) is 19.1 Å². The van der Waals surface area contributed by atoms with Crippen LogP contribution in [0.4, 0.5) is 4.79 Å². The minimum atomic E-state index is -1.43. The Morgan fingerprint density at radius 2 is 1.65 bits per heavy atom. The van der Waals surface area contributed by atoms with Crippen LogP contribution in [0.15, 0.2) is 48.5 Å². The van der Waals surface area contributed by atoms with Gasteiger partial charge in [-0.1, -0.05) is 61.9 Å². The van der Waals surface area contributed by atoms with Crippen LogP contribution in [0.5, 0.6) is 0 Å². The highest BCUT2D eigenvalue weighted by molar-refractivity contribution is 5.90. The zero-order valence-corrected chi connectivity index (χ0v) is 19.8. The number of alkyl carbamates (subject to hydrolysis) is 1. The zero-order valence-electron chi connectivity index (χ0n) is 19.8. The molecular formula is C26H32N2O6. The summed E-state index contributed by atoms with van der Waals surface area (Å²) < 4.78 is 10.7. The van der Waals surface area contributed by atoms with Gasteiger partial charge in [-0.15, -0.1) is 0 Å². The number of carbonyl (C=O) groups excluding carboxylic acids is 2. The Balaban J connectivity index is 1.68. The summed E-state index contributed by atoms with van der Waals surface area (Å²) in [6.45, 7) is 3.44. The molecule has 3 rings (SSSR count). The lowest BCUT2D eigenvalue weighted by Crippen LogP contribution is -2.61. The molecule has 0 saturated heterocycles. The number of carboxylic acids is 1. The van der Waals surface area contributed by atoms with E-state index in [2.05, 4.69) is 22.8 Å². The van der Waals surface area contributed by atoms with E-state index in [4.69, 9.17) is 14.6 Å². The lowest BCUT2D eigenvalue weighted by molar-refractivity contribution is -0.138. The quantitative estimate of drug-likeness (QED) is 0.464. The monoisotopic (exact) mass is 468 g/mol. The average Bonchev–Trinajstić information content (AvgIpc) is 3.11. The summed E-state index contributed by atoms with van der Waals surface area (Å²) in [7, 11) is 1.42. The Labute approximate surface area is 199 Å². The first-order valence-corrected chi connectivity index (χ1v) is 11.4. The number of nitrogens with one attached hydrogen (secondary N) is 2. The van der Waals surface area contributed by atoms with E-state index in [1.165, 1.54) is 14.0 Å². The lowest BCUT2D eigenvalue weighted by Gasteiger charge is -2.30. The van der Waals surface area contributed by atoms with Crippen LogP contribution >= 0.6 is 0 Å². The zero-order chi connectivity index (χ0) is 24.7. The second kappa shape index (κ2) is 11.2. The van der Waals surface area contributed by atoms with Crippen LogP contribution < -0.4 is 10.6 Å². The molecule has 2 aromatic rings. The van der Waals surface area contributed by atoms with Crippen molar-refractivity contribution in [3.63, 3.8) is 0 Å². The van der Waals surface area contributed by atoms with Crippen molar-refractivity contribution in [2.24, 2.45) is 0 Å². The normalized spacial score (nSPS) is 14.9. The minimum Gasteiger partial charge on any atom is -0.481 e. The fourth-order valence-corrected chi connectivity index (χ4v) is 4.44. The summed E-state index contributed by atoms with van der Waals surface area (Å²) in [6, 6.07) is 15.5. The Hall–Kier alpha value is -3.39. The van der Waals surface area contributed by atoms with E-state index in [1.807, 2.05) is 43.3 Å². The maximum atomic E-state index is 13.0. The maximum Gasteiger partial charge on any atom is 0.408 e. The van der Waals surface area contributed by atoms with Gasteiger partial charge in [-0.05, 0) is 35.6 Å². The van der Waals surface area contributed by atoms with Gasteiger partial charge in [0.15, 0.2) is 0 Å². The first-order valence-electron chi connectivity index (χ1n) is 11.4. The van der Waals surface area contributed by atoms with Crippen molar-refractivity contribution in [1.29, 1.82) is 0 Å². The number of carboxylic acid groups (broad SMARTS) is 1. The number of hydrogen-bond acceptors (Lipinski definition) is 5. The fourth-order valence-electron chi connectivity index (χ4n) is 4.44. The summed E-state index contributed by atoms with van der Waals surface area (Å²) in [5, 5.41) is 14.5. The van der Waals surface area contributed by atoms with E-state index in [1.54, 1.807) is 0 Å². The van der Waals surface area contributed by atoms with Crippen LogP contribution in [0.25, 0.3) is 11.1 Å². The molecule has 0 aliphatic heterocycles. The van der Waals surface area contributed by atoms with Gasteiger partial charge in [0.1, 0.15) is 12.1 Å². The molecule has 1 unspecified atom stereocenters. The van der Waals surface area contributed by atoms with E-state index < -0.39 is 29.6 Å². The first kappa shape index (κ1) is 25.2. The van der Waals surface area contributed by atoms with Crippen molar-refractivity contribution >= 4 is 18.0 Å². The summed E-state index contributed by atoms with van der Waals surface area (Å²) in [6.07, 6.45) is 0.264. The molecule has 0 saturated carbocycles. The van der Waals surface area contributed by atoms with E-state index in [-0.39, 0.29) is 25.6 Å². The Morgan fingerprint density at radius 1 is 1.06 bits per heavy atom. The van der Waals surface area contributed by atoms with E-state index in [0.717, 1.165) is 22.3 Å². The molecule has 34 heavy (non-hydrogen) atoms. The Bertz CT molecular complexity index is 994. The van der Waals surface area contributed by atoms with Crippen LogP contribution in [0.2, 0.25) is 0 Å². The Kier molecular flexibility index (Phi) is 8.28. The summed E-state index contributed by atoms with van der Waals surface area (Å²) in [5.74, 6) is -1.63. The van der Waals surface area contributed by atoms with Crippen LogP contribution in [-0.4, -0.2) is 55.0 Å². The number of rotatable bonds is 11. The summed E-state index contributed by atoms with van der Waals surface area (Å²) in [4.78, 5) is 36.9. The smallest absolute Gasteiger partial charge is 0.408 e. The van der Waals surface area contributed by atoms with Gasteiger partial charge in [-0.25, -0.2) is 4.79 Å². The molecule has 2 aromatic carbocycles. The third-order valence-electron chi connectivity index (χ3n) is 6.05. The van der Waals surface area contributed by atoms with Gasteiger partial charge in [-0.2, -0.15) is 0 Å². The topological polar surface area (TPSA) is 114 Å². The van der Waals surface area contributed by atoms with Gasteiger partial charge in [-0.3, -0.25) is 9.59 Å². The molecule has 1 aliphatic carbocycles. The summed E-state index contributed by atoms with van der Waals surface area (Å²) in [5.41, 5.74) is 2.99. The van der Waals surface area contributed by atoms with Gasteiger partial charge in [0.25, 0.3) is 0 Å². The second-order valence-electron chi connectivity index (χ2n) is 8.77. The van der Waals surface area contributed by atoms with Crippen LogP contribution in [0, 0.1) is 0 Å². The van der Waals surface area contributed by atoms with E-state index >= 15 is 0 Å². The van der Waals surface area contributed by atoms with E-state index in [9.17, 15) is 14.4 Å². The number of aliphatic carboxylic acids is 1. The number of amides is 2. The third-order valence-corrected chi connectivity index (χ3v) is 6.05. The van der Waals surface area contributed by atoms with Gasteiger partial charge in [0.05, 0.1) is 13.0 Å². The van der Waals surface area contributed by atoms with Gasteiger partial charge < -0.3 is 25.2 Å². The lowest BCUT2D eigenvalue weighted by atomic mass is 9.98. The van der Waals surface area contributed by atoms with Crippen molar-refractivity contribution < 1.29 is 29.0 Å². The molecule has 1 aliphatic rings. The molecule has 0 bridgehead atoms. The molecule has 0 aromatic heterocycles. The van der Waals surface area contributed by atoms with Crippen molar-refractivity contribution in [3.8, 4) is 11.1 Å². The highest BCUT2D eigenvalue weighted by Crippen LogP contribution is 2.44. The van der Waals surface area contributed by atoms with Gasteiger partial charge in [0.2, 0.25) is 5.91 Å². The first-order chi connectivity index (χ1) is 16.3. The predicted molar refractivity (Wildman–Crippen MR) is 128 cm³/mol. The van der Waals surface area contributed by atoms with Crippen LogP contribution in [0.3, 0.4) is 0 Å². The van der Waals surface area contributed by atoms with Crippen molar-refractivity contribution in [2.75, 3.05) is 20.3 Å². The molecule has 8 nitrogen and oxygen atoms in total. The largest absolute Gasteiger partial charge is 0.481 e. The van der Waals surface area contributed by atoms with Crippen molar-refractivity contribution in [2.45, 2.75) is 50.6 Å². The SMILES string of the molecule is CCC[C@H](CC(=O)O)NC(=O)C(C)(COC)NC(=O)OCC1c2ccccc2-c2ccccc21. The number of carbonyl (C=O) groups is 3. The third kappa shape index (κ3) is 5.75. The van der Waals surface area contributed by atoms with Gasteiger partial charge in [0, 0.05) is 19.1 Å². The number of benzene rings is 2. The minimum absolute atomic E-state index is 0.102. The fraction of sp³-hybridized carbons (Fsp3) is 0.423. The van der Waals surface area contributed by atoms with Gasteiger partial charge >= 0.3 is 12.1 Å². The molecule has 0 heterocycles. The average molecular weight is 469 g/mol. The molecule has 2 amide bonds. The molecule has 3 N–H and O–H groups in total. The molecule has 0 radical (unpaired) electrons. The number of fused-ring (bicyclic) bond motifs is 3. The maximum absolute atomic E-state index is 13.0. The highest BCUT2D eigenvalue weighted by Gasteiger charge is 2.37. The summed E-state index contributed by atoms with van der Waals surface area (Å²) >= 11 is 0. The predicted octanol–water partition coefficient (Wildman–Crippen LogP) is 3.69. The standard InChI is InChI=1S/C26H32N2O6/c1-4-9-17(14-23(29)30)27-24(31)26(2,16-33-3)28-25(32)34-15-22-20-12-7-5-10-18(20)19-11-6-8-13-21(19)22/h5-8,10-13,17,22H,4,9,14-16H2,1-3H3,(H,27,31)(H,28,32)(H,29,30)/t17-,26?/m1/s1. The Morgan fingerprint density at radius 3 is 2.18 bits per heavy atom. The molecule has 2 atom stereocenters. The molecule has 182 valence electrons. The molecule has 8 heteroatoms. The van der Waals surface area contributed by atoms with E-state index in [0.29, 0.717) is 12.8 Å². The molecule has 0 fully saturated rings. The number of hydrogen-bond donors (Lipinski definition) is 3.